The van der Waals surface area contributed by atoms with E-state index in [1.165, 1.54) is 4.90 Å². The molecule has 1 amide bonds. The number of ether oxygens (including phenoxy) is 1. The largest absolute Gasteiger partial charge is 0.381 e. The summed E-state index contributed by atoms with van der Waals surface area (Å²) in [4.78, 5) is 20.2. The maximum atomic E-state index is 15.7. The van der Waals surface area contributed by atoms with Crippen LogP contribution in [0.25, 0.3) is 0 Å². The molecule has 0 spiro atoms. The third-order valence-electron chi connectivity index (χ3n) is 6.00. The van der Waals surface area contributed by atoms with Crippen LogP contribution < -0.4 is 4.90 Å². The van der Waals surface area contributed by atoms with Crippen LogP contribution in [0.1, 0.15) is 48.4 Å². The molecule has 0 unspecified atom stereocenters. The van der Waals surface area contributed by atoms with E-state index >= 15 is 4.39 Å². The first-order valence-electron chi connectivity index (χ1n) is 11.4. The molecule has 178 valence electrons. The summed E-state index contributed by atoms with van der Waals surface area (Å²) in [5.41, 5.74) is 2.19. The zero-order chi connectivity index (χ0) is 24.3. The molecule has 1 aromatic heterocycles. The van der Waals surface area contributed by atoms with Gasteiger partial charge in [0.05, 0.1) is 5.69 Å². The number of aromatic nitrogens is 1. The van der Waals surface area contributed by atoms with E-state index in [4.69, 9.17) is 16.3 Å². The van der Waals surface area contributed by atoms with Crippen molar-refractivity contribution in [3.05, 3.63) is 88.5 Å². The Morgan fingerprint density at radius 1 is 1.12 bits per heavy atom. The Labute approximate surface area is 209 Å². The number of carbonyl (C=O) groups excluding carboxylic acids is 1. The third kappa shape index (κ3) is 5.29. The van der Waals surface area contributed by atoms with E-state index in [1.54, 1.807) is 36.0 Å². The monoisotopic (exact) mass is 498 g/mol. The van der Waals surface area contributed by atoms with Gasteiger partial charge in [0.2, 0.25) is 0 Å². The molecule has 4 rings (SSSR count). The van der Waals surface area contributed by atoms with Gasteiger partial charge in [0.15, 0.2) is 0 Å². The zero-order valence-corrected chi connectivity index (χ0v) is 21.1. The second-order valence-corrected chi connectivity index (χ2v) is 10.7. The van der Waals surface area contributed by atoms with Gasteiger partial charge in [-0.2, -0.15) is 0 Å². The van der Waals surface area contributed by atoms with E-state index in [0.717, 1.165) is 29.0 Å². The Kier molecular flexibility index (Phi) is 7.60. The van der Waals surface area contributed by atoms with Gasteiger partial charge in [0.1, 0.15) is 11.5 Å². The molecule has 0 aliphatic carbocycles. The Morgan fingerprint density at radius 2 is 1.82 bits per heavy atom. The van der Waals surface area contributed by atoms with Gasteiger partial charge < -0.3 is 9.64 Å². The second-order valence-electron chi connectivity index (χ2n) is 8.76. The fraction of sp³-hybridized carbons (Fsp3) is 0.333. The Balaban J connectivity index is 1.69. The fourth-order valence-corrected chi connectivity index (χ4v) is 5.74. The highest BCUT2D eigenvalue weighted by Gasteiger charge is 2.37. The number of amides is 1. The van der Waals surface area contributed by atoms with Crippen molar-refractivity contribution in [3.63, 3.8) is 0 Å². The molecule has 0 bridgehead atoms. The highest BCUT2D eigenvalue weighted by molar-refractivity contribution is 8.00. The van der Waals surface area contributed by atoms with Gasteiger partial charge in [-0.1, -0.05) is 23.7 Å². The molecular formula is C27H28ClFN2O2S. The van der Waals surface area contributed by atoms with Crippen LogP contribution in [0.2, 0.25) is 5.02 Å². The van der Waals surface area contributed by atoms with Crippen molar-refractivity contribution in [1.82, 2.24) is 4.98 Å². The summed E-state index contributed by atoms with van der Waals surface area (Å²) in [7, 11) is 0. The summed E-state index contributed by atoms with van der Waals surface area (Å²) in [5, 5.41) is 0.683. The number of nitrogens with zero attached hydrogens (tertiary/aromatic N) is 2. The first kappa shape index (κ1) is 24.7. The molecular weight excluding hydrogens is 471 g/mol. The molecule has 0 radical (unpaired) electrons. The minimum atomic E-state index is -0.422. The fourth-order valence-electron chi connectivity index (χ4n) is 4.27. The third-order valence-corrected chi connectivity index (χ3v) is 7.80. The molecule has 2 aromatic carbocycles. The molecule has 1 fully saturated rings. The topological polar surface area (TPSA) is 42.4 Å². The summed E-state index contributed by atoms with van der Waals surface area (Å²) in [5.74, 6) is -0.739. The van der Waals surface area contributed by atoms with E-state index in [2.05, 4.69) is 4.98 Å². The zero-order valence-electron chi connectivity index (χ0n) is 19.6. The number of thioether (sulfide) groups is 1. The van der Waals surface area contributed by atoms with Crippen molar-refractivity contribution in [3.8, 4) is 0 Å². The minimum Gasteiger partial charge on any atom is -0.381 e. The highest BCUT2D eigenvalue weighted by atomic mass is 35.5. The number of hydrogen-bond acceptors (Lipinski definition) is 4. The average Bonchev–Trinajstić information content (AvgIpc) is 2.82. The van der Waals surface area contributed by atoms with Crippen molar-refractivity contribution in [1.29, 1.82) is 0 Å². The molecule has 1 saturated heterocycles. The first-order valence-corrected chi connectivity index (χ1v) is 12.6. The van der Waals surface area contributed by atoms with Crippen LogP contribution in [0, 0.1) is 12.7 Å². The Morgan fingerprint density at radius 3 is 2.44 bits per heavy atom. The number of halogens is 2. The van der Waals surface area contributed by atoms with Crippen molar-refractivity contribution in [2.24, 2.45) is 0 Å². The number of pyridine rings is 1. The Bertz CT molecular complexity index is 1160. The van der Waals surface area contributed by atoms with E-state index < -0.39 is 5.82 Å². The summed E-state index contributed by atoms with van der Waals surface area (Å²) < 4.78 is 21.0. The van der Waals surface area contributed by atoms with Gasteiger partial charge in [-0.25, -0.2) is 9.37 Å². The number of carbonyl (C=O) groups is 1. The molecule has 0 N–H and O–H groups in total. The SMILES string of the molecule is Cc1cccc(C(=O)N(c2ccc(C3(Sc4ccc(Cl)cc4)CCOCC3)cc2F)C(C)C)n1. The predicted octanol–water partition coefficient (Wildman–Crippen LogP) is 7.04. The molecule has 1 aliphatic heterocycles. The smallest absolute Gasteiger partial charge is 0.277 e. The lowest BCUT2D eigenvalue weighted by atomic mass is 9.90. The van der Waals surface area contributed by atoms with Gasteiger partial charge in [0.25, 0.3) is 5.91 Å². The maximum absolute atomic E-state index is 15.7. The maximum Gasteiger partial charge on any atom is 0.277 e. The quantitative estimate of drug-likeness (QED) is 0.365. The van der Waals surface area contributed by atoms with Crippen LogP contribution in [0.15, 0.2) is 65.6 Å². The lowest BCUT2D eigenvalue weighted by molar-refractivity contribution is 0.0768. The van der Waals surface area contributed by atoms with Crippen LogP contribution in [0.4, 0.5) is 10.1 Å². The number of rotatable bonds is 6. The molecule has 1 aliphatic rings. The number of hydrogen-bond donors (Lipinski definition) is 0. The summed E-state index contributed by atoms with van der Waals surface area (Å²) in [6.07, 6.45) is 1.53. The van der Waals surface area contributed by atoms with Crippen molar-refractivity contribution >= 4 is 35.0 Å². The average molecular weight is 499 g/mol. The van der Waals surface area contributed by atoms with Crippen LogP contribution in [0.3, 0.4) is 0 Å². The van der Waals surface area contributed by atoms with Crippen LogP contribution in [-0.4, -0.2) is 30.1 Å². The van der Waals surface area contributed by atoms with Gasteiger partial charge in [-0.3, -0.25) is 4.79 Å². The van der Waals surface area contributed by atoms with Crippen LogP contribution >= 0.6 is 23.4 Å². The molecule has 0 saturated carbocycles. The molecule has 3 aromatic rings. The van der Waals surface area contributed by atoms with Gasteiger partial charge in [-0.15, -0.1) is 11.8 Å². The molecule has 2 heterocycles. The first-order chi connectivity index (χ1) is 16.3. The van der Waals surface area contributed by atoms with Crippen LogP contribution in [0.5, 0.6) is 0 Å². The van der Waals surface area contributed by atoms with Crippen LogP contribution in [-0.2, 0) is 9.48 Å². The second kappa shape index (κ2) is 10.5. The van der Waals surface area contributed by atoms with E-state index in [9.17, 15) is 4.79 Å². The van der Waals surface area contributed by atoms with E-state index in [-0.39, 0.29) is 22.4 Å². The lowest BCUT2D eigenvalue weighted by Crippen LogP contribution is -2.38. The number of aryl methyl sites for hydroxylation is 1. The Hall–Kier alpha value is -2.41. The van der Waals surface area contributed by atoms with E-state index in [1.807, 2.05) is 57.2 Å². The number of benzene rings is 2. The van der Waals surface area contributed by atoms with Crippen molar-refractivity contribution in [2.45, 2.75) is 49.3 Å². The highest BCUT2D eigenvalue weighted by Crippen LogP contribution is 2.49. The summed E-state index contributed by atoms with van der Waals surface area (Å²) >= 11 is 7.77. The number of anilines is 1. The lowest BCUT2D eigenvalue weighted by Gasteiger charge is -2.37. The molecule has 4 nitrogen and oxygen atoms in total. The molecule has 7 heteroatoms. The van der Waals surface area contributed by atoms with Crippen molar-refractivity contribution < 1.29 is 13.9 Å². The molecule has 0 atom stereocenters. The van der Waals surface area contributed by atoms with Gasteiger partial charge in [0, 0.05) is 39.6 Å². The van der Waals surface area contributed by atoms with E-state index in [0.29, 0.717) is 23.9 Å². The molecule has 34 heavy (non-hydrogen) atoms. The predicted molar refractivity (Wildman–Crippen MR) is 136 cm³/mol. The minimum absolute atomic E-state index is 0.240. The standard InChI is InChI=1S/C27H28ClFN2O2S/c1-18(2)31(26(32)24-6-4-5-19(3)30-24)25-12-7-20(17-23(25)29)27(13-15-33-16-14-27)34-22-10-8-21(28)9-11-22/h4-12,17-18H,13-16H2,1-3H3. The van der Waals surface area contributed by atoms with Crippen molar-refractivity contribution in [2.75, 3.05) is 18.1 Å². The normalized spacial score (nSPS) is 15.4. The van der Waals surface area contributed by atoms with Gasteiger partial charge >= 0.3 is 0 Å². The summed E-state index contributed by atoms with van der Waals surface area (Å²) in [6.45, 7) is 6.80. The summed E-state index contributed by atoms with van der Waals surface area (Å²) in [6, 6.07) is 18.0. The van der Waals surface area contributed by atoms with Gasteiger partial charge in [-0.05, 0) is 87.7 Å².